The summed E-state index contributed by atoms with van der Waals surface area (Å²) in [5.74, 6) is -4.20. The van der Waals surface area contributed by atoms with Crippen molar-refractivity contribution < 1.29 is 34.2 Å². The normalized spacial score (nSPS) is 17.1. The Bertz CT molecular complexity index is 1190. The van der Waals surface area contributed by atoms with Crippen molar-refractivity contribution in [1.82, 2.24) is 26.3 Å². The Morgan fingerprint density at radius 1 is 0.950 bits per heavy atom. The van der Waals surface area contributed by atoms with Crippen LogP contribution in [0.4, 0.5) is 0 Å². The molecular formula is C27H38N6O7. The molecule has 1 aromatic heterocycles. The molecule has 9 N–H and O–H groups in total. The number of H-pyrrole nitrogens is 1. The molecule has 1 aromatic carbocycles. The fraction of sp³-hybridized carbons (Fsp3) is 0.519. The van der Waals surface area contributed by atoms with E-state index in [1.165, 1.54) is 0 Å². The van der Waals surface area contributed by atoms with E-state index in [-0.39, 0.29) is 25.7 Å². The van der Waals surface area contributed by atoms with Gasteiger partial charge in [-0.3, -0.25) is 19.2 Å². The summed E-state index contributed by atoms with van der Waals surface area (Å²) < 4.78 is 0. The Morgan fingerprint density at radius 2 is 1.65 bits per heavy atom. The number of aliphatic carboxylic acids is 2. The van der Waals surface area contributed by atoms with Crippen LogP contribution in [0.5, 0.6) is 0 Å². The van der Waals surface area contributed by atoms with Crippen LogP contribution in [0.25, 0.3) is 10.9 Å². The summed E-state index contributed by atoms with van der Waals surface area (Å²) in [6, 6.07) is 3.35. The third-order valence-electron chi connectivity index (χ3n) is 6.95. The lowest BCUT2D eigenvalue weighted by Crippen LogP contribution is -2.57. The lowest BCUT2D eigenvalue weighted by atomic mass is 10.0. The van der Waals surface area contributed by atoms with E-state index < -0.39 is 53.8 Å². The summed E-state index contributed by atoms with van der Waals surface area (Å²) in [5, 5.41) is 30.6. The lowest BCUT2D eigenvalue weighted by molar-refractivity contribution is -0.142. The lowest BCUT2D eigenvalue weighted by Gasteiger charge is -2.25. The number of benzene rings is 1. The van der Waals surface area contributed by atoms with Gasteiger partial charge >= 0.3 is 11.9 Å². The molecule has 0 bridgehead atoms. The van der Waals surface area contributed by atoms with Gasteiger partial charge in [0, 0.05) is 29.9 Å². The number of carboxylic acid groups (broad SMARTS) is 2. The number of fused-ring (bicyclic) bond motifs is 1. The number of carbonyl (C=O) groups excluding carboxylic acids is 3. The van der Waals surface area contributed by atoms with Gasteiger partial charge in [0.1, 0.15) is 18.1 Å². The highest BCUT2D eigenvalue weighted by atomic mass is 16.4. The number of aromatic amines is 1. The molecule has 2 aromatic rings. The first-order valence-corrected chi connectivity index (χ1v) is 13.5. The number of hydrogen-bond donors (Lipinski definition) is 8. The molecule has 1 aliphatic rings. The molecule has 0 aliphatic carbocycles. The number of aromatic nitrogens is 1. The number of unbranched alkanes of at least 4 members (excludes halogenated alkanes) is 1. The van der Waals surface area contributed by atoms with Gasteiger partial charge in [0.25, 0.3) is 0 Å². The zero-order valence-electron chi connectivity index (χ0n) is 22.3. The number of nitrogens with two attached hydrogens (primary N) is 1. The summed E-state index contributed by atoms with van der Waals surface area (Å²) in [7, 11) is 0. The van der Waals surface area contributed by atoms with Crippen LogP contribution in [-0.2, 0) is 30.4 Å². The molecule has 218 valence electrons. The zero-order chi connectivity index (χ0) is 29.1. The molecule has 40 heavy (non-hydrogen) atoms. The first kappa shape index (κ1) is 30.6. The van der Waals surface area contributed by atoms with Crippen LogP contribution in [0.15, 0.2) is 30.5 Å². The number of para-hydroxylation sites is 1. The van der Waals surface area contributed by atoms with Gasteiger partial charge in [0.15, 0.2) is 0 Å². The minimum atomic E-state index is -1.27. The number of rotatable bonds is 16. The molecule has 13 nitrogen and oxygen atoms in total. The SMILES string of the molecule is NCCCCC(NC(=O)C(CCC(=O)O)NC(=O)C1CCCN1)C(=O)NC(Cc1c[nH]c2ccccc12)C(=O)O. The van der Waals surface area contributed by atoms with E-state index in [1.54, 1.807) is 6.20 Å². The molecule has 0 saturated carbocycles. The second-order valence-electron chi connectivity index (χ2n) is 9.95. The van der Waals surface area contributed by atoms with Crippen molar-refractivity contribution in [2.24, 2.45) is 5.73 Å². The number of carboxylic acids is 2. The molecule has 2 heterocycles. The smallest absolute Gasteiger partial charge is 0.326 e. The van der Waals surface area contributed by atoms with E-state index in [9.17, 15) is 29.1 Å². The van der Waals surface area contributed by atoms with Crippen molar-refractivity contribution in [3.63, 3.8) is 0 Å². The van der Waals surface area contributed by atoms with Crippen LogP contribution in [0.2, 0.25) is 0 Å². The molecule has 1 saturated heterocycles. The highest BCUT2D eigenvalue weighted by Gasteiger charge is 2.32. The van der Waals surface area contributed by atoms with Crippen molar-refractivity contribution in [3.05, 3.63) is 36.0 Å². The first-order valence-electron chi connectivity index (χ1n) is 13.5. The van der Waals surface area contributed by atoms with Crippen LogP contribution in [0.1, 0.15) is 50.5 Å². The van der Waals surface area contributed by atoms with Crippen molar-refractivity contribution in [2.75, 3.05) is 13.1 Å². The van der Waals surface area contributed by atoms with Crippen molar-refractivity contribution in [3.8, 4) is 0 Å². The summed E-state index contributed by atoms with van der Waals surface area (Å²) in [6.07, 6.45) is 3.80. The topological polar surface area (TPSA) is 216 Å². The number of nitrogens with one attached hydrogen (secondary N) is 5. The fourth-order valence-electron chi connectivity index (χ4n) is 4.74. The van der Waals surface area contributed by atoms with Gasteiger partial charge in [-0.2, -0.15) is 0 Å². The highest BCUT2D eigenvalue weighted by Crippen LogP contribution is 2.19. The second-order valence-corrected chi connectivity index (χ2v) is 9.95. The van der Waals surface area contributed by atoms with Gasteiger partial charge in [-0.15, -0.1) is 0 Å². The summed E-state index contributed by atoms with van der Waals surface area (Å²) in [5.41, 5.74) is 7.13. The van der Waals surface area contributed by atoms with Gasteiger partial charge in [0.05, 0.1) is 6.04 Å². The third-order valence-corrected chi connectivity index (χ3v) is 6.95. The van der Waals surface area contributed by atoms with Gasteiger partial charge < -0.3 is 42.2 Å². The van der Waals surface area contributed by atoms with Gasteiger partial charge in [-0.1, -0.05) is 18.2 Å². The van der Waals surface area contributed by atoms with E-state index >= 15 is 0 Å². The van der Waals surface area contributed by atoms with Crippen LogP contribution in [-0.4, -0.2) is 82.1 Å². The monoisotopic (exact) mass is 558 g/mol. The number of amides is 3. The summed E-state index contributed by atoms with van der Waals surface area (Å²) in [4.78, 5) is 65.5. The van der Waals surface area contributed by atoms with E-state index in [0.717, 1.165) is 17.3 Å². The van der Waals surface area contributed by atoms with Crippen molar-refractivity contribution >= 4 is 40.6 Å². The van der Waals surface area contributed by atoms with E-state index in [2.05, 4.69) is 26.3 Å². The minimum Gasteiger partial charge on any atom is -0.481 e. The predicted octanol–water partition coefficient (Wildman–Crippen LogP) is -0.00480. The highest BCUT2D eigenvalue weighted by molar-refractivity contribution is 5.94. The zero-order valence-corrected chi connectivity index (χ0v) is 22.3. The molecule has 4 atom stereocenters. The second kappa shape index (κ2) is 15.0. The van der Waals surface area contributed by atoms with E-state index in [0.29, 0.717) is 37.9 Å². The van der Waals surface area contributed by atoms with E-state index in [1.807, 2.05) is 24.3 Å². The molecule has 3 rings (SSSR count). The van der Waals surface area contributed by atoms with Gasteiger partial charge in [-0.25, -0.2) is 4.79 Å². The Morgan fingerprint density at radius 3 is 2.30 bits per heavy atom. The Balaban J connectivity index is 1.72. The number of carbonyl (C=O) groups is 5. The average molecular weight is 559 g/mol. The van der Waals surface area contributed by atoms with Crippen LogP contribution in [0, 0.1) is 0 Å². The maximum Gasteiger partial charge on any atom is 0.326 e. The first-order chi connectivity index (χ1) is 19.2. The summed E-state index contributed by atoms with van der Waals surface area (Å²) in [6.45, 7) is 1.03. The quantitative estimate of drug-likeness (QED) is 0.130. The molecule has 1 fully saturated rings. The van der Waals surface area contributed by atoms with Crippen molar-refractivity contribution in [2.45, 2.75) is 75.5 Å². The molecule has 3 amide bonds. The van der Waals surface area contributed by atoms with Gasteiger partial charge in [0.2, 0.25) is 17.7 Å². The number of hydrogen-bond acceptors (Lipinski definition) is 7. The molecule has 13 heteroatoms. The molecular weight excluding hydrogens is 520 g/mol. The summed E-state index contributed by atoms with van der Waals surface area (Å²) >= 11 is 0. The third kappa shape index (κ3) is 8.78. The molecule has 0 radical (unpaired) electrons. The minimum absolute atomic E-state index is 0.0141. The fourth-order valence-corrected chi connectivity index (χ4v) is 4.74. The maximum atomic E-state index is 13.3. The van der Waals surface area contributed by atoms with Gasteiger partial charge in [-0.05, 0) is 63.2 Å². The standard InChI is InChI=1S/C27H38N6O7/c28-12-4-3-8-20(31-26(38)21(10-11-23(34)35)32-24(36)19-9-5-13-29-19)25(37)33-22(27(39)40)14-16-15-30-18-7-2-1-6-17(16)18/h1-2,6-7,15,19-22,29-30H,3-5,8-14,28H2,(H,31,38)(H,32,36)(H,33,37)(H,34,35)(H,39,40). The van der Waals surface area contributed by atoms with Crippen LogP contribution >= 0.6 is 0 Å². The maximum absolute atomic E-state index is 13.3. The molecule has 1 aliphatic heterocycles. The largest absolute Gasteiger partial charge is 0.481 e. The Hall–Kier alpha value is -3.97. The Labute approximate surface area is 231 Å². The van der Waals surface area contributed by atoms with Crippen LogP contribution in [0.3, 0.4) is 0 Å². The van der Waals surface area contributed by atoms with Crippen LogP contribution < -0.4 is 27.0 Å². The molecule has 4 unspecified atom stereocenters. The van der Waals surface area contributed by atoms with E-state index in [4.69, 9.17) is 10.8 Å². The predicted molar refractivity (Wildman–Crippen MR) is 146 cm³/mol. The Kier molecular flexibility index (Phi) is 11.5. The van der Waals surface area contributed by atoms with Crippen molar-refractivity contribution in [1.29, 1.82) is 0 Å². The molecule has 0 spiro atoms. The average Bonchev–Trinajstić information content (AvgIpc) is 3.60.